The maximum atomic E-state index is 12.1. The number of rotatable bonds is 5. The van der Waals surface area contributed by atoms with Crippen LogP contribution in [0.4, 0.5) is 0 Å². The fraction of sp³-hybridized carbons (Fsp3) is 0.278. The topological polar surface area (TPSA) is 92.7 Å². The van der Waals surface area contributed by atoms with Gasteiger partial charge in [-0.05, 0) is 23.8 Å². The third kappa shape index (κ3) is 4.63. The van der Waals surface area contributed by atoms with Crippen LogP contribution in [0, 0.1) is 0 Å². The van der Waals surface area contributed by atoms with Gasteiger partial charge in [0.15, 0.2) is 5.78 Å². The second-order valence-corrected chi connectivity index (χ2v) is 5.55. The number of benzene rings is 1. The maximum absolute atomic E-state index is 12.1. The van der Waals surface area contributed by atoms with Crippen LogP contribution >= 0.6 is 0 Å². The van der Waals surface area contributed by atoms with Gasteiger partial charge >= 0.3 is 5.97 Å². The van der Waals surface area contributed by atoms with E-state index in [2.05, 4.69) is 10.1 Å². The highest BCUT2D eigenvalue weighted by Gasteiger charge is 2.41. The summed E-state index contributed by atoms with van der Waals surface area (Å²) in [6.07, 6.45) is 4.95. The quantitative estimate of drug-likeness (QED) is 0.621. The van der Waals surface area contributed by atoms with Crippen molar-refractivity contribution in [1.82, 2.24) is 5.32 Å². The molecular weight excluding hydrogens is 310 g/mol. The van der Waals surface area contributed by atoms with Crippen LogP contribution in [0.25, 0.3) is 6.08 Å². The van der Waals surface area contributed by atoms with E-state index < -0.39 is 23.5 Å². The molecule has 1 amide bonds. The van der Waals surface area contributed by atoms with Gasteiger partial charge in [-0.1, -0.05) is 30.3 Å². The van der Waals surface area contributed by atoms with Gasteiger partial charge in [0.25, 0.3) is 0 Å². The molecule has 0 bridgehead atoms. The average Bonchev–Trinajstić information content (AvgIpc) is 2.57. The number of allylic oxidation sites excluding steroid dienone is 1. The minimum atomic E-state index is -1.66. The summed E-state index contributed by atoms with van der Waals surface area (Å²) in [5.41, 5.74) is -0.811. The Hall–Kier alpha value is -2.73. The Bertz CT molecular complexity index is 680. The summed E-state index contributed by atoms with van der Waals surface area (Å²) in [5, 5.41) is 13.2. The van der Waals surface area contributed by atoms with Crippen molar-refractivity contribution in [3.05, 3.63) is 54.1 Å². The summed E-state index contributed by atoms with van der Waals surface area (Å²) in [4.78, 5) is 35.1. The van der Waals surface area contributed by atoms with Gasteiger partial charge in [0.05, 0.1) is 19.6 Å². The Labute approximate surface area is 139 Å². The van der Waals surface area contributed by atoms with E-state index >= 15 is 0 Å². The summed E-state index contributed by atoms with van der Waals surface area (Å²) in [6.45, 7) is 0. The molecule has 1 aromatic carbocycles. The van der Waals surface area contributed by atoms with E-state index in [9.17, 15) is 19.5 Å². The molecule has 0 saturated heterocycles. The summed E-state index contributed by atoms with van der Waals surface area (Å²) < 4.78 is 4.56. The van der Waals surface area contributed by atoms with Gasteiger partial charge in [-0.2, -0.15) is 0 Å². The number of ether oxygens (including phenoxy) is 1. The van der Waals surface area contributed by atoms with Crippen molar-refractivity contribution < 1.29 is 24.2 Å². The van der Waals surface area contributed by atoms with Crippen LogP contribution in [0.2, 0.25) is 0 Å². The third-order valence-corrected chi connectivity index (χ3v) is 3.76. The Morgan fingerprint density at radius 1 is 1.38 bits per heavy atom. The molecule has 0 spiro atoms. The number of amides is 1. The minimum absolute atomic E-state index is 0.0884. The maximum Gasteiger partial charge on any atom is 0.308 e. The molecular formula is C18H19NO5. The van der Waals surface area contributed by atoms with Gasteiger partial charge < -0.3 is 15.2 Å². The first kappa shape index (κ1) is 17.6. The van der Waals surface area contributed by atoms with Crippen LogP contribution in [-0.2, 0) is 19.1 Å². The van der Waals surface area contributed by atoms with Crippen molar-refractivity contribution in [2.75, 3.05) is 7.11 Å². The van der Waals surface area contributed by atoms with Crippen LogP contribution in [0.5, 0.6) is 0 Å². The molecule has 1 aliphatic rings. The van der Waals surface area contributed by atoms with Gasteiger partial charge in [-0.15, -0.1) is 0 Å². The SMILES string of the molecule is COC(=O)C[C@]1(O)C=CC(=O)C[C@@H]1NC(=O)/C=C\c1ccccc1. The Balaban J connectivity index is 2.08. The van der Waals surface area contributed by atoms with Gasteiger partial charge in [0.2, 0.25) is 5.91 Å². The zero-order chi connectivity index (χ0) is 17.6. The Kier molecular flexibility index (Phi) is 5.65. The first-order valence-electron chi connectivity index (χ1n) is 7.48. The highest BCUT2D eigenvalue weighted by Crippen LogP contribution is 2.25. The number of nitrogens with one attached hydrogen (secondary N) is 1. The number of hydrogen-bond donors (Lipinski definition) is 2. The van der Waals surface area contributed by atoms with Gasteiger partial charge in [-0.3, -0.25) is 14.4 Å². The second kappa shape index (κ2) is 7.70. The fourth-order valence-corrected chi connectivity index (χ4v) is 2.42. The lowest BCUT2D eigenvalue weighted by molar-refractivity contribution is -0.147. The molecule has 0 fully saturated rings. The summed E-state index contributed by atoms with van der Waals surface area (Å²) in [6, 6.07) is 8.33. The first-order valence-corrected chi connectivity index (χ1v) is 7.48. The average molecular weight is 329 g/mol. The van der Waals surface area contributed by atoms with Crippen molar-refractivity contribution in [2.24, 2.45) is 0 Å². The van der Waals surface area contributed by atoms with Crippen LogP contribution in [0.15, 0.2) is 48.6 Å². The largest absolute Gasteiger partial charge is 0.469 e. The second-order valence-electron chi connectivity index (χ2n) is 5.55. The molecule has 2 atom stereocenters. The summed E-state index contributed by atoms with van der Waals surface area (Å²) >= 11 is 0. The molecule has 2 rings (SSSR count). The van der Waals surface area contributed by atoms with Crippen LogP contribution in [-0.4, -0.2) is 41.5 Å². The fourth-order valence-electron chi connectivity index (χ4n) is 2.42. The highest BCUT2D eigenvalue weighted by molar-refractivity contribution is 5.95. The molecule has 1 aromatic rings. The van der Waals surface area contributed by atoms with Crippen molar-refractivity contribution in [2.45, 2.75) is 24.5 Å². The molecule has 0 heterocycles. The lowest BCUT2D eigenvalue weighted by Gasteiger charge is -2.35. The summed E-state index contributed by atoms with van der Waals surface area (Å²) in [5.74, 6) is -1.33. The zero-order valence-electron chi connectivity index (χ0n) is 13.3. The number of hydrogen-bond acceptors (Lipinski definition) is 5. The Morgan fingerprint density at radius 3 is 2.75 bits per heavy atom. The predicted molar refractivity (Wildman–Crippen MR) is 87.8 cm³/mol. The third-order valence-electron chi connectivity index (χ3n) is 3.76. The Morgan fingerprint density at radius 2 is 2.08 bits per heavy atom. The van der Waals surface area contributed by atoms with E-state index in [0.717, 1.165) is 5.56 Å². The molecule has 0 aliphatic heterocycles. The molecule has 0 aromatic heterocycles. The normalized spacial score (nSPS) is 23.2. The number of carbonyl (C=O) groups is 3. The smallest absolute Gasteiger partial charge is 0.308 e. The van der Waals surface area contributed by atoms with E-state index in [1.165, 1.54) is 25.3 Å². The molecule has 24 heavy (non-hydrogen) atoms. The lowest BCUT2D eigenvalue weighted by Crippen LogP contribution is -2.55. The molecule has 126 valence electrons. The number of carbonyl (C=O) groups excluding carboxylic acids is 3. The van der Waals surface area contributed by atoms with Crippen molar-refractivity contribution >= 4 is 23.7 Å². The highest BCUT2D eigenvalue weighted by atomic mass is 16.5. The number of ketones is 1. The summed E-state index contributed by atoms with van der Waals surface area (Å²) in [7, 11) is 1.21. The van der Waals surface area contributed by atoms with Crippen LogP contribution in [0.1, 0.15) is 18.4 Å². The van der Waals surface area contributed by atoms with Crippen molar-refractivity contribution in [3.8, 4) is 0 Å². The number of methoxy groups -OCH3 is 1. The van der Waals surface area contributed by atoms with Crippen molar-refractivity contribution in [3.63, 3.8) is 0 Å². The lowest BCUT2D eigenvalue weighted by atomic mass is 9.82. The van der Waals surface area contributed by atoms with Gasteiger partial charge in [-0.25, -0.2) is 0 Å². The number of aliphatic hydroxyl groups is 1. The molecule has 0 saturated carbocycles. The van der Waals surface area contributed by atoms with E-state index in [1.807, 2.05) is 30.3 Å². The molecule has 0 unspecified atom stereocenters. The monoisotopic (exact) mass is 329 g/mol. The van der Waals surface area contributed by atoms with Gasteiger partial charge in [0, 0.05) is 12.5 Å². The van der Waals surface area contributed by atoms with E-state index in [-0.39, 0.29) is 18.6 Å². The minimum Gasteiger partial charge on any atom is -0.469 e. The molecule has 2 N–H and O–H groups in total. The molecule has 6 nitrogen and oxygen atoms in total. The molecule has 0 radical (unpaired) electrons. The van der Waals surface area contributed by atoms with E-state index in [1.54, 1.807) is 6.08 Å². The molecule has 1 aliphatic carbocycles. The first-order chi connectivity index (χ1) is 11.4. The van der Waals surface area contributed by atoms with Crippen LogP contribution < -0.4 is 5.32 Å². The standard InChI is InChI=1S/C18H19NO5/c1-24-17(22)12-18(23)10-9-14(20)11-15(18)19-16(21)8-7-13-5-3-2-4-6-13/h2-10,15,23H,11-12H2,1H3,(H,19,21)/b8-7-/t15-,18+/m0/s1. The van der Waals surface area contributed by atoms with Gasteiger partial charge in [0.1, 0.15) is 5.60 Å². The van der Waals surface area contributed by atoms with Crippen molar-refractivity contribution in [1.29, 1.82) is 0 Å². The molecule has 6 heteroatoms. The van der Waals surface area contributed by atoms with Crippen LogP contribution in [0.3, 0.4) is 0 Å². The van der Waals surface area contributed by atoms with E-state index in [0.29, 0.717) is 0 Å². The zero-order valence-corrected chi connectivity index (χ0v) is 13.3. The van der Waals surface area contributed by atoms with E-state index in [4.69, 9.17) is 0 Å². The number of esters is 1. The predicted octanol–water partition coefficient (Wildman–Crippen LogP) is 1.01.